The average molecular weight is 349 g/mol. The monoisotopic (exact) mass is 349 g/mol. The van der Waals surface area contributed by atoms with E-state index in [1.807, 2.05) is 0 Å². The van der Waals surface area contributed by atoms with Gasteiger partial charge in [0.15, 0.2) is 17.3 Å². The highest BCUT2D eigenvalue weighted by Crippen LogP contribution is 2.31. The number of nitrogens with zero attached hydrogens (tertiary/aromatic N) is 2. The Morgan fingerprint density at radius 1 is 1.00 bits per heavy atom. The topological polar surface area (TPSA) is 93.6 Å². The minimum atomic E-state index is -0.296. The lowest BCUT2D eigenvalue weighted by atomic mass is 10.1. The van der Waals surface area contributed by atoms with E-state index in [1.54, 1.807) is 42.5 Å². The number of aromatic nitrogens is 2. The average Bonchev–Trinajstić information content (AvgIpc) is 2.68. The molecule has 1 amide bonds. The molecule has 0 unspecified atom stereocenters. The number of carbonyl (C=O) groups excluding carboxylic acids is 1. The number of hydrogen-bond donors (Lipinski definition) is 2. The SMILES string of the molecule is O=C(Nc1cnc(-c2cccc(O)c2)nc1)c1ccc2c(c1)OCCO2. The predicted octanol–water partition coefficient (Wildman–Crippen LogP) is 2.87. The zero-order valence-electron chi connectivity index (χ0n) is 13.7. The summed E-state index contributed by atoms with van der Waals surface area (Å²) in [6.07, 6.45) is 3.03. The summed E-state index contributed by atoms with van der Waals surface area (Å²) in [4.78, 5) is 20.9. The van der Waals surface area contributed by atoms with E-state index in [9.17, 15) is 9.90 Å². The Labute approximate surface area is 149 Å². The van der Waals surface area contributed by atoms with Gasteiger partial charge in [-0.05, 0) is 30.3 Å². The quantitative estimate of drug-likeness (QED) is 0.755. The maximum absolute atomic E-state index is 12.4. The van der Waals surface area contributed by atoms with Crippen molar-refractivity contribution in [1.82, 2.24) is 9.97 Å². The van der Waals surface area contributed by atoms with E-state index >= 15 is 0 Å². The van der Waals surface area contributed by atoms with Crippen LogP contribution in [0.2, 0.25) is 0 Å². The van der Waals surface area contributed by atoms with Crippen molar-refractivity contribution in [2.45, 2.75) is 0 Å². The Hall–Kier alpha value is -3.61. The molecule has 3 aromatic rings. The Morgan fingerprint density at radius 3 is 2.54 bits per heavy atom. The molecule has 130 valence electrons. The maximum atomic E-state index is 12.4. The first-order valence-electron chi connectivity index (χ1n) is 8.01. The largest absolute Gasteiger partial charge is 0.508 e. The molecule has 0 radical (unpaired) electrons. The van der Waals surface area contributed by atoms with E-state index in [0.717, 1.165) is 0 Å². The third kappa shape index (κ3) is 3.27. The maximum Gasteiger partial charge on any atom is 0.255 e. The van der Waals surface area contributed by atoms with Gasteiger partial charge < -0.3 is 19.9 Å². The van der Waals surface area contributed by atoms with Gasteiger partial charge in [0.25, 0.3) is 5.91 Å². The van der Waals surface area contributed by atoms with Crippen LogP contribution in [0.5, 0.6) is 17.2 Å². The summed E-state index contributed by atoms with van der Waals surface area (Å²) in [5.74, 6) is 1.49. The van der Waals surface area contributed by atoms with Gasteiger partial charge in [0.1, 0.15) is 19.0 Å². The Balaban J connectivity index is 1.49. The van der Waals surface area contributed by atoms with E-state index in [1.165, 1.54) is 12.4 Å². The number of benzene rings is 2. The number of rotatable bonds is 3. The second-order valence-corrected chi connectivity index (χ2v) is 5.66. The minimum Gasteiger partial charge on any atom is -0.508 e. The van der Waals surface area contributed by atoms with Crippen LogP contribution in [0.15, 0.2) is 54.9 Å². The number of ether oxygens (including phenoxy) is 2. The molecule has 0 atom stereocenters. The highest BCUT2D eigenvalue weighted by molar-refractivity contribution is 6.04. The summed E-state index contributed by atoms with van der Waals surface area (Å²) in [6, 6.07) is 11.7. The number of hydrogen-bond acceptors (Lipinski definition) is 6. The summed E-state index contributed by atoms with van der Waals surface area (Å²) < 4.78 is 10.9. The molecule has 26 heavy (non-hydrogen) atoms. The van der Waals surface area contributed by atoms with Crippen molar-refractivity contribution in [3.05, 3.63) is 60.4 Å². The number of nitrogens with one attached hydrogen (secondary N) is 1. The van der Waals surface area contributed by atoms with Crippen LogP contribution >= 0.6 is 0 Å². The summed E-state index contributed by atoms with van der Waals surface area (Å²) in [5.41, 5.74) is 1.61. The van der Waals surface area contributed by atoms with Gasteiger partial charge in [-0.25, -0.2) is 9.97 Å². The second kappa shape index (κ2) is 6.72. The molecule has 7 heteroatoms. The molecule has 7 nitrogen and oxygen atoms in total. The lowest BCUT2D eigenvalue weighted by Gasteiger charge is -2.18. The molecule has 1 aliphatic rings. The minimum absolute atomic E-state index is 0.141. The molecule has 0 spiro atoms. The molecule has 0 bridgehead atoms. The molecule has 2 N–H and O–H groups in total. The predicted molar refractivity (Wildman–Crippen MR) is 94.5 cm³/mol. The van der Waals surface area contributed by atoms with Gasteiger partial charge in [-0.2, -0.15) is 0 Å². The summed E-state index contributed by atoms with van der Waals surface area (Å²) >= 11 is 0. The molecule has 0 aliphatic carbocycles. The number of carbonyl (C=O) groups is 1. The number of amides is 1. The first-order chi connectivity index (χ1) is 12.7. The highest BCUT2D eigenvalue weighted by Gasteiger charge is 2.15. The third-order valence-electron chi connectivity index (χ3n) is 3.82. The molecule has 1 aromatic heterocycles. The molecular weight excluding hydrogens is 334 g/mol. The molecule has 2 aromatic carbocycles. The van der Waals surface area contributed by atoms with Gasteiger partial charge in [-0.1, -0.05) is 12.1 Å². The first-order valence-corrected chi connectivity index (χ1v) is 8.01. The van der Waals surface area contributed by atoms with Crippen LogP contribution in [0.25, 0.3) is 11.4 Å². The van der Waals surface area contributed by atoms with Crippen LogP contribution in [0.1, 0.15) is 10.4 Å². The van der Waals surface area contributed by atoms with Gasteiger partial charge in [-0.15, -0.1) is 0 Å². The molecular formula is C19H15N3O4. The summed E-state index contributed by atoms with van der Waals surface area (Å²) in [6.45, 7) is 0.962. The van der Waals surface area contributed by atoms with Gasteiger partial charge >= 0.3 is 0 Å². The van der Waals surface area contributed by atoms with Crippen LogP contribution in [0.4, 0.5) is 5.69 Å². The van der Waals surface area contributed by atoms with Crippen molar-refractivity contribution < 1.29 is 19.4 Å². The lowest BCUT2D eigenvalue weighted by molar-refractivity contribution is 0.102. The Kier molecular flexibility index (Phi) is 4.10. The van der Waals surface area contributed by atoms with Crippen LogP contribution in [-0.2, 0) is 0 Å². The van der Waals surface area contributed by atoms with Crippen LogP contribution < -0.4 is 14.8 Å². The van der Waals surface area contributed by atoms with E-state index in [-0.39, 0.29) is 11.7 Å². The van der Waals surface area contributed by atoms with Crippen LogP contribution in [-0.4, -0.2) is 34.2 Å². The van der Waals surface area contributed by atoms with Crippen LogP contribution in [0, 0.1) is 0 Å². The number of anilines is 1. The van der Waals surface area contributed by atoms with E-state index in [4.69, 9.17) is 9.47 Å². The lowest BCUT2D eigenvalue weighted by Crippen LogP contribution is -2.17. The fourth-order valence-electron chi connectivity index (χ4n) is 2.57. The van der Waals surface area contributed by atoms with Crippen LogP contribution in [0.3, 0.4) is 0 Å². The molecule has 4 rings (SSSR count). The fourth-order valence-corrected chi connectivity index (χ4v) is 2.57. The fraction of sp³-hybridized carbons (Fsp3) is 0.105. The first kappa shape index (κ1) is 15.9. The molecule has 1 aliphatic heterocycles. The van der Waals surface area contributed by atoms with Crippen molar-refractivity contribution >= 4 is 11.6 Å². The van der Waals surface area contributed by atoms with E-state index in [2.05, 4.69) is 15.3 Å². The second-order valence-electron chi connectivity index (χ2n) is 5.66. The van der Waals surface area contributed by atoms with Crippen molar-refractivity contribution in [3.63, 3.8) is 0 Å². The van der Waals surface area contributed by atoms with Gasteiger partial charge in [-0.3, -0.25) is 4.79 Å². The Bertz CT molecular complexity index is 957. The zero-order chi connectivity index (χ0) is 17.9. The van der Waals surface area contributed by atoms with E-state index < -0.39 is 0 Å². The normalized spacial score (nSPS) is 12.5. The number of fused-ring (bicyclic) bond motifs is 1. The van der Waals surface area contributed by atoms with Gasteiger partial charge in [0.2, 0.25) is 0 Å². The van der Waals surface area contributed by atoms with Crippen molar-refractivity contribution in [2.75, 3.05) is 18.5 Å². The Morgan fingerprint density at radius 2 is 1.77 bits per heavy atom. The zero-order valence-corrected chi connectivity index (χ0v) is 13.7. The van der Waals surface area contributed by atoms with Crippen molar-refractivity contribution in [1.29, 1.82) is 0 Å². The smallest absolute Gasteiger partial charge is 0.255 e. The van der Waals surface area contributed by atoms with Crippen molar-refractivity contribution in [3.8, 4) is 28.6 Å². The number of phenolic OH excluding ortho intramolecular Hbond substituents is 1. The van der Waals surface area contributed by atoms with Gasteiger partial charge in [0, 0.05) is 11.1 Å². The van der Waals surface area contributed by atoms with Crippen molar-refractivity contribution in [2.24, 2.45) is 0 Å². The number of aromatic hydroxyl groups is 1. The third-order valence-corrected chi connectivity index (χ3v) is 3.82. The highest BCUT2D eigenvalue weighted by atomic mass is 16.6. The number of phenols is 1. The standard InChI is InChI=1S/C19H15N3O4/c23-15-3-1-2-12(8-15)18-20-10-14(11-21-18)22-19(24)13-4-5-16-17(9-13)26-7-6-25-16/h1-5,8-11,23H,6-7H2,(H,22,24). The van der Waals surface area contributed by atoms with E-state index in [0.29, 0.717) is 47.4 Å². The molecule has 0 saturated carbocycles. The summed E-state index contributed by atoms with van der Waals surface area (Å²) in [7, 11) is 0. The molecule has 2 heterocycles. The molecule has 0 saturated heterocycles. The molecule has 0 fully saturated rings. The van der Waals surface area contributed by atoms with Gasteiger partial charge in [0.05, 0.1) is 18.1 Å². The summed E-state index contributed by atoms with van der Waals surface area (Å²) in [5, 5.41) is 12.3.